The maximum Gasteiger partial charge on any atom is 0.102 e. The van der Waals surface area contributed by atoms with Crippen LogP contribution >= 0.6 is 0 Å². The van der Waals surface area contributed by atoms with E-state index in [0.29, 0.717) is 23.2 Å². The fourth-order valence-corrected chi connectivity index (χ4v) is 8.50. The topological polar surface area (TPSA) is 29.5 Å². The van der Waals surface area contributed by atoms with Gasteiger partial charge in [0.15, 0.2) is 0 Å². The molecule has 2 saturated carbocycles. The molecular weight excluding hydrogens is 368 g/mol. The lowest BCUT2D eigenvalue weighted by Gasteiger charge is -2.60. The largest absolute Gasteiger partial charge is 0.390 e. The van der Waals surface area contributed by atoms with Crippen LogP contribution in [0, 0.1) is 46.3 Å². The second-order valence-electron chi connectivity index (χ2n) is 12.0. The molecule has 0 aromatic rings. The average Bonchev–Trinajstić information content (AvgIpc) is 3.08. The van der Waals surface area contributed by atoms with E-state index in [1.54, 1.807) is 0 Å². The Bertz CT molecular complexity index is 763. The highest BCUT2D eigenvalue weighted by Gasteiger charge is 2.61. The number of hydrogen-bond acceptors (Lipinski definition) is 2. The standard InChI is InChI=1S/C28H42O2/c1-17(2)18(3)6-7-19(4)22-10-11-23-21-9-8-20-14-26-25(29)15-28(20,16-30-26)24(21)12-13-27(22,23)5/h8-9,14,17,19,21-26,29H,3,6-7,10-13,15-16H2,1-2,4-5H3. The van der Waals surface area contributed by atoms with Gasteiger partial charge >= 0.3 is 0 Å². The molecule has 30 heavy (non-hydrogen) atoms. The van der Waals surface area contributed by atoms with Crippen molar-refractivity contribution in [2.75, 3.05) is 6.61 Å². The number of allylic oxidation sites excluding steroid dienone is 3. The van der Waals surface area contributed by atoms with Crippen LogP contribution in [-0.4, -0.2) is 23.9 Å². The van der Waals surface area contributed by atoms with E-state index in [-0.39, 0.29) is 17.6 Å². The van der Waals surface area contributed by atoms with Gasteiger partial charge in [0.25, 0.3) is 0 Å². The Balaban J connectivity index is 1.36. The predicted octanol–water partition coefficient (Wildman–Crippen LogP) is 6.32. The zero-order valence-electron chi connectivity index (χ0n) is 19.6. The van der Waals surface area contributed by atoms with Gasteiger partial charge in [-0.2, -0.15) is 0 Å². The molecule has 0 aromatic carbocycles. The predicted molar refractivity (Wildman–Crippen MR) is 123 cm³/mol. The number of rotatable bonds is 5. The highest BCUT2D eigenvalue weighted by atomic mass is 16.5. The van der Waals surface area contributed by atoms with Crippen molar-refractivity contribution in [3.05, 3.63) is 36.0 Å². The first kappa shape index (κ1) is 21.0. The van der Waals surface area contributed by atoms with Crippen LogP contribution < -0.4 is 0 Å². The zero-order chi connectivity index (χ0) is 21.3. The normalized spacial score (nSPS) is 47.5. The van der Waals surface area contributed by atoms with E-state index < -0.39 is 0 Å². The van der Waals surface area contributed by atoms with Gasteiger partial charge in [-0.25, -0.2) is 0 Å². The Morgan fingerprint density at radius 2 is 2.03 bits per heavy atom. The highest BCUT2D eigenvalue weighted by Crippen LogP contribution is 2.67. The van der Waals surface area contributed by atoms with Gasteiger partial charge in [-0.1, -0.05) is 52.0 Å². The molecule has 1 N–H and O–H groups in total. The van der Waals surface area contributed by atoms with Gasteiger partial charge in [0, 0.05) is 5.41 Å². The lowest BCUT2D eigenvalue weighted by atomic mass is 9.47. The van der Waals surface area contributed by atoms with Gasteiger partial charge in [0.05, 0.1) is 12.7 Å². The Hall–Kier alpha value is -0.860. The van der Waals surface area contributed by atoms with Gasteiger partial charge in [-0.15, -0.1) is 0 Å². The summed E-state index contributed by atoms with van der Waals surface area (Å²) in [6.07, 6.45) is 15.7. The van der Waals surface area contributed by atoms with Crippen molar-refractivity contribution in [2.45, 2.75) is 84.8 Å². The maximum atomic E-state index is 10.6. The van der Waals surface area contributed by atoms with Gasteiger partial charge in [0.2, 0.25) is 0 Å². The second-order valence-corrected chi connectivity index (χ2v) is 12.0. The van der Waals surface area contributed by atoms with Crippen LogP contribution in [0.5, 0.6) is 0 Å². The molecule has 3 fully saturated rings. The molecule has 2 aliphatic heterocycles. The van der Waals surface area contributed by atoms with Crippen molar-refractivity contribution < 1.29 is 9.84 Å². The molecule has 2 heterocycles. The molecular formula is C28H42O2. The molecule has 9 atom stereocenters. The summed E-state index contributed by atoms with van der Waals surface area (Å²) in [7, 11) is 0. The fourth-order valence-electron chi connectivity index (χ4n) is 8.50. The molecule has 2 bridgehead atoms. The van der Waals surface area contributed by atoms with Crippen LogP contribution in [-0.2, 0) is 4.74 Å². The molecule has 1 spiro atoms. The minimum absolute atomic E-state index is 0.0748. The third-order valence-electron chi connectivity index (χ3n) is 10.4. The summed E-state index contributed by atoms with van der Waals surface area (Å²) in [6.45, 7) is 14.8. The van der Waals surface area contributed by atoms with Crippen LogP contribution in [0.4, 0.5) is 0 Å². The van der Waals surface area contributed by atoms with E-state index in [0.717, 1.165) is 30.8 Å². The average molecular weight is 411 g/mol. The van der Waals surface area contributed by atoms with Crippen molar-refractivity contribution in [3.8, 4) is 0 Å². The van der Waals surface area contributed by atoms with E-state index in [1.807, 2.05) is 0 Å². The van der Waals surface area contributed by atoms with E-state index in [2.05, 4.69) is 52.5 Å². The molecule has 2 heteroatoms. The summed E-state index contributed by atoms with van der Waals surface area (Å²) in [5, 5.41) is 10.6. The molecule has 0 aromatic heterocycles. The van der Waals surface area contributed by atoms with Crippen molar-refractivity contribution in [1.29, 1.82) is 0 Å². The number of fused-ring (bicyclic) bond motifs is 5. The minimum atomic E-state index is -0.312. The van der Waals surface area contributed by atoms with Crippen LogP contribution in [0.25, 0.3) is 0 Å². The molecule has 2 nitrogen and oxygen atoms in total. The van der Waals surface area contributed by atoms with E-state index in [4.69, 9.17) is 4.74 Å². The van der Waals surface area contributed by atoms with Crippen molar-refractivity contribution in [2.24, 2.45) is 46.3 Å². The smallest absolute Gasteiger partial charge is 0.102 e. The molecule has 0 amide bonds. The SMILES string of the molecule is C=C(CCC(C)C1CCC2C3C=CC4=CC5OCC4(CC5O)C3CCC12C)C(C)C. The molecule has 6 rings (SSSR count). The summed E-state index contributed by atoms with van der Waals surface area (Å²) < 4.78 is 6.10. The Morgan fingerprint density at radius 3 is 2.77 bits per heavy atom. The van der Waals surface area contributed by atoms with Crippen molar-refractivity contribution in [1.82, 2.24) is 0 Å². The lowest BCUT2D eigenvalue weighted by Crippen LogP contribution is -2.58. The third kappa shape index (κ3) is 2.96. The lowest BCUT2D eigenvalue weighted by molar-refractivity contribution is -0.155. The Morgan fingerprint density at radius 1 is 1.23 bits per heavy atom. The molecule has 166 valence electrons. The first-order valence-electron chi connectivity index (χ1n) is 12.6. The van der Waals surface area contributed by atoms with E-state index in [9.17, 15) is 5.11 Å². The first-order chi connectivity index (χ1) is 14.3. The maximum absolute atomic E-state index is 10.6. The van der Waals surface area contributed by atoms with Gasteiger partial charge < -0.3 is 9.84 Å². The zero-order valence-corrected chi connectivity index (χ0v) is 19.6. The summed E-state index contributed by atoms with van der Waals surface area (Å²) >= 11 is 0. The van der Waals surface area contributed by atoms with Crippen LogP contribution in [0.1, 0.15) is 72.6 Å². The third-order valence-corrected chi connectivity index (χ3v) is 10.4. The number of hydrogen-bond donors (Lipinski definition) is 1. The summed E-state index contributed by atoms with van der Waals surface area (Å²) in [4.78, 5) is 0. The molecule has 4 aliphatic carbocycles. The second kappa shape index (κ2) is 7.34. The minimum Gasteiger partial charge on any atom is -0.390 e. The van der Waals surface area contributed by atoms with Gasteiger partial charge in [-0.05, 0) is 97.5 Å². The van der Waals surface area contributed by atoms with Crippen molar-refractivity contribution in [3.63, 3.8) is 0 Å². The van der Waals surface area contributed by atoms with Crippen LogP contribution in [0.2, 0.25) is 0 Å². The van der Waals surface area contributed by atoms with Crippen LogP contribution in [0.3, 0.4) is 0 Å². The Labute approximate surface area is 183 Å². The number of aliphatic hydroxyl groups excluding tert-OH is 1. The summed E-state index contributed by atoms with van der Waals surface area (Å²) in [5.41, 5.74) is 3.44. The number of ether oxygens (including phenoxy) is 1. The van der Waals surface area contributed by atoms with Gasteiger partial charge in [-0.3, -0.25) is 0 Å². The Kier molecular flexibility index (Phi) is 5.14. The summed E-state index contributed by atoms with van der Waals surface area (Å²) in [5.74, 6) is 4.34. The van der Waals surface area contributed by atoms with Crippen LogP contribution in [0.15, 0.2) is 36.0 Å². The molecule has 6 aliphatic rings. The fraction of sp³-hybridized carbons (Fsp3) is 0.786. The highest BCUT2D eigenvalue weighted by molar-refractivity contribution is 5.39. The number of aliphatic hydroxyl groups is 1. The molecule has 0 radical (unpaired) electrons. The quantitative estimate of drug-likeness (QED) is 0.537. The molecule has 1 saturated heterocycles. The monoisotopic (exact) mass is 410 g/mol. The first-order valence-corrected chi connectivity index (χ1v) is 12.6. The van der Waals surface area contributed by atoms with E-state index in [1.165, 1.54) is 49.7 Å². The van der Waals surface area contributed by atoms with Crippen molar-refractivity contribution >= 4 is 0 Å². The summed E-state index contributed by atoms with van der Waals surface area (Å²) in [6, 6.07) is 0. The van der Waals surface area contributed by atoms with Gasteiger partial charge in [0.1, 0.15) is 6.10 Å². The molecule has 9 unspecified atom stereocenters. The van der Waals surface area contributed by atoms with E-state index >= 15 is 0 Å².